The van der Waals surface area contributed by atoms with Crippen LogP contribution >= 0.6 is 0 Å². The minimum absolute atomic E-state index is 0.0412. The van der Waals surface area contributed by atoms with Gasteiger partial charge >= 0.3 is 0 Å². The molecule has 0 radical (unpaired) electrons. The Morgan fingerprint density at radius 2 is 1.96 bits per heavy atom. The van der Waals surface area contributed by atoms with Crippen molar-refractivity contribution in [2.24, 2.45) is 5.92 Å². The van der Waals surface area contributed by atoms with Gasteiger partial charge in [0.05, 0.1) is 12.1 Å². The summed E-state index contributed by atoms with van der Waals surface area (Å²) in [6.45, 7) is 2.25. The second-order valence-electron chi connectivity index (χ2n) is 6.51. The number of amides is 1. The van der Waals surface area contributed by atoms with E-state index >= 15 is 0 Å². The maximum Gasteiger partial charge on any atom is 0.251 e. The van der Waals surface area contributed by atoms with Crippen LogP contribution in [0.25, 0.3) is 0 Å². The van der Waals surface area contributed by atoms with Crippen LogP contribution in [0.5, 0.6) is 0 Å². The molecular weight excluding hydrogens is 318 g/mol. The normalized spacial score (nSPS) is 25.9. The molecule has 2 aliphatic heterocycles. The molecule has 7 nitrogen and oxygen atoms in total. The number of anilines is 1. The highest BCUT2D eigenvalue weighted by molar-refractivity contribution is 5.94. The molecule has 2 fully saturated rings. The lowest BCUT2D eigenvalue weighted by Gasteiger charge is -2.45. The quantitative estimate of drug-likeness (QED) is 0.907. The Hall–Kier alpha value is -2.54. The summed E-state index contributed by atoms with van der Waals surface area (Å²) in [6.07, 6.45) is 8.93. The van der Waals surface area contributed by atoms with Crippen molar-refractivity contribution < 1.29 is 9.53 Å². The lowest BCUT2D eigenvalue weighted by molar-refractivity contribution is -0.0523. The van der Waals surface area contributed by atoms with Crippen molar-refractivity contribution in [1.82, 2.24) is 20.3 Å². The van der Waals surface area contributed by atoms with Gasteiger partial charge in [0.2, 0.25) is 5.95 Å². The predicted molar refractivity (Wildman–Crippen MR) is 92.2 cm³/mol. The first-order valence-electron chi connectivity index (χ1n) is 8.66. The average molecular weight is 339 g/mol. The smallest absolute Gasteiger partial charge is 0.251 e. The molecule has 7 heteroatoms. The Morgan fingerprint density at radius 1 is 1.16 bits per heavy atom. The van der Waals surface area contributed by atoms with Gasteiger partial charge in [-0.25, -0.2) is 9.97 Å². The SMILES string of the molecule is O=C(N[C@@H]1CN(c2ncccn2)C[C@@H]2CCCO[C@@H]21)c1ccncc1. The molecule has 0 spiro atoms. The molecule has 4 rings (SSSR count). The minimum Gasteiger partial charge on any atom is -0.376 e. The monoisotopic (exact) mass is 339 g/mol. The van der Waals surface area contributed by atoms with Crippen LogP contribution in [-0.4, -0.2) is 52.7 Å². The molecule has 2 aromatic rings. The molecule has 1 N–H and O–H groups in total. The van der Waals surface area contributed by atoms with E-state index in [1.807, 2.05) is 6.07 Å². The third-order valence-corrected chi connectivity index (χ3v) is 4.86. The van der Waals surface area contributed by atoms with Gasteiger partial charge in [-0.2, -0.15) is 0 Å². The third-order valence-electron chi connectivity index (χ3n) is 4.86. The Kier molecular flexibility index (Phi) is 4.56. The molecule has 130 valence electrons. The first-order chi connectivity index (χ1) is 12.3. The number of hydrogen-bond donors (Lipinski definition) is 1. The summed E-state index contributed by atoms with van der Waals surface area (Å²) < 4.78 is 6.02. The number of carbonyl (C=O) groups excluding carboxylic acids is 1. The zero-order valence-corrected chi connectivity index (χ0v) is 13.9. The van der Waals surface area contributed by atoms with E-state index in [1.54, 1.807) is 36.9 Å². The Balaban J connectivity index is 1.54. The van der Waals surface area contributed by atoms with Crippen LogP contribution in [-0.2, 0) is 4.74 Å². The molecule has 2 aromatic heterocycles. The highest BCUT2D eigenvalue weighted by atomic mass is 16.5. The highest BCUT2D eigenvalue weighted by Crippen LogP contribution is 2.30. The second kappa shape index (κ2) is 7.14. The summed E-state index contributed by atoms with van der Waals surface area (Å²) in [5.74, 6) is 0.972. The lowest BCUT2D eigenvalue weighted by atomic mass is 9.85. The van der Waals surface area contributed by atoms with Gasteiger partial charge in [0.1, 0.15) is 0 Å². The summed E-state index contributed by atoms with van der Waals surface area (Å²) in [6, 6.07) is 5.15. The highest BCUT2D eigenvalue weighted by Gasteiger charge is 2.40. The molecule has 0 unspecified atom stereocenters. The van der Waals surface area contributed by atoms with Crippen molar-refractivity contribution in [3.63, 3.8) is 0 Å². The molecule has 4 heterocycles. The van der Waals surface area contributed by atoms with E-state index in [0.29, 0.717) is 24.0 Å². The minimum atomic E-state index is -0.101. The Morgan fingerprint density at radius 3 is 2.76 bits per heavy atom. The molecule has 25 heavy (non-hydrogen) atoms. The fourth-order valence-electron chi connectivity index (χ4n) is 3.70. The molecule has 0 aliphatic carbocycles. The van der Waals surface area contributed by atoms with Crippen LogP contribution in [0.15, 0.2) is 43.0 Å². The van der Waals surface area contributed by atoms with Crippen molar-refractivity contribution in [2.45, 2.75) is 25.0 Å². The number of pyridine rings is 1. The van der Waals surface area contributed by atoms with Crippen molar-refractivity contribution in [3.8, 4) is 0 Å². The standard InChI is InChI=1S/C18H21N5O2/c24-17(13-4-8-19-9-5-13)22-15-12-23(18-20-6-2-7-21-18)11-14-3-1-10-25-16(14)15/h2,4-9,14-16H,1,3,10-12H2,(H,22,24)/t14-,15+,16-/m0/s1. The van der Waals surface area contributed by atoms with E-state index in [1.165, 1.54) is 0 Å². The van der Waals surface area contributed by atoms with Crippen molar-refractivity contribution in [2.75, 3.05) is 24.6 Å². The predicted octanol–water partition coefficient (Wildman–Crippen LogP) is 1.29. The maximum absolute atomic E-state index is 12.6. The van der Waals surface area contributed by atoms with Gasteiger partial charge in [-0.1, -0.05) is 0 Å². The summed E-state index contributed by atoms with van der Waals surface area (Å²) in [5.41, 5.74) is 0.607. The number of rotatable bonds is 3. The fraction of sp³-hybridized carbons (Fsp3) is 0.444. The first kappa shape index (κ1) is 16.0. The summed E-state index contributed by atoms with van der Waals surface area (Å²) >= 11 is 0. The lowest BCUT2D eigenvalue weighted by Crippen LogP contribution is -2.61. The molecule has 3 atom stereocenters. The average Bonchev–Trinajstić information content (AvgIpc) is 2.69. The van der Waals surface area contributed by atoms with Crippen LogP contribution in [0.1, 0.15) is 23.2 Å². The zero-order valence-electron chi connectivity index (χ0n) is 13.9. The summed E-state index contributed by atoms with van der Waals surface area (Å²) in [4.78, 5) is 27.4. The first-order valence-corrected chi connectivity index (χ1v) is 8.66. The topological polar surface area (TPSA) is 80.2 Å². The number of aromatic nitrogens is 3. The number of nitrogens with zero attached hydrogens (tertiary/aromatic N) is 4. The summed E-state index contributed by atoms with van der Waals surface area (Å²) in [7, 11) is 0. The molecule has 0 saturated carbocycles. The number of hydrogen-bond acceptors (Lipinski definition) is 6. The molecule has 2 saturated heterocycles. The van der Waals surface area contributed by atoms with Gasteiger partial charge in [0.25, 0.3) is 5.91 Å². The van der Waals surface area contributed by atoms with E-state index in [-0.39, 0.29) is 18.1 Å². The molecular formula is C18H21N5O2. The van der Waals surface area contributed by atoms with E-state index in [2.05, 4.69) is 25.2 Å². The van der Waals surface area contributed by atoms with E-state index in [4.69, 9.17) is 4.74 Å². The van der Waals surface area contributed by atoms with Crippen LogP contribution < -0.4 is 10.2 Å². The second-order valence-corrected chi connectivity index (χ2v) is 6.51. The van der Waals surface area contributed by atoms with E-state index < -0.39 is 0 Å². The number of carbonyl (C=O) groups is 1. The fourth-order valence-corrected chi connectivity index (χ4v) is 3.70. The number of fused-ring (bicyclic) bond motifs is 1. The van der Waals surface area contributed by atoms with Gasteiger partial charge in [-0.15, -0.1) is 0 Å². The largest absolute Gasteiger partial charge is 0.376 e. The van der Waals surface area contributed by atoms with Gasteiger partial charge in [-0.05, 0) is 31.0 Å². The van der Waals surface area contributed by atoms with E-state index in [9.17, 15) is 4.79 Å². The molecule has 0 aromatic carbocycles. The van der Waals surface area contributed by atoms with Crippen molar-refractivity contribution in [3.05, 3.63) is 48.5 Å². The van der Waals surface area contributed by atoms with Gasteiger partial charge in [-0.3, -0.25) is 9.78 Å². The van der Waals surface area contributed by atoms with Crippen LogP contribution in [0.2, 0.25) is 0 Å². The van der Waals surface area contributed by atoms with Crippen molar-refractivity contribution >= 4 is 11.9 Å². The van der Waals surface area contributed by atoms with E-state index in [0.717, 1.165) is 26.0 Å². The maximum atomic E-state index is 12.6. The van der Waals surface area contributed by atoms with Crippen LogP contribution in [0.3, 0.4) is 0 Å². The van der Waals surface area contributed by atoms with Crippen molar-refractivity contribution in [1.29, 1.82) is 0 Å². The van der Waals surface area contributed by atoms with Gasteiger partial charge in [0, 0.05) is 56.0 Å². The molecule has 0 bridgehead atoms. The Labute approximate surface area is 146 Å². The third kappa shape index (κ3) is 3.46. The van der Waals surface area contributed by atoms with Crippen LogP contribution in [0, 0.1) is 5.92 Å². The molecule has 1 amide bonds. The van der Waals surface area contributed by atoms with Crippen LogP contribution in [0.4, 0.5) is 5.95 Å². The number of ether oxygens (including phenoxy) is 1. The summed E-state index contributed by atoms with van der Waals surface area (Å²) in [5, 5.41) is 3.15. The number of nitrogens with one attached hydrogen (secondary N) is 1. The number of piperidine rings is 1. The molecule has 2 aliphatic rings. The van der Waals surface area contributed by atoms with Gasteiger partial charge in [0.15, 0.2) is 0 Å². The zero-order chi connectivity index (χ0) is 17.1. The Bertz CT molecular complexity index is 712. The van der Waals surface area contributed by atoms with Gasteiger partial charge < -0.3 is 15.0 Å².